The number of halogens is 1. The van der Waals surface area contributed by atoms with E-state index in [9.17, 15) is 9.18 Å². The van der Waals surface area contributed by atoms with E-state index in [0.29, 0.717) is 17.3 Å². The average Bonchev–Trinajstić information content (AvgIpc) is 3.58. The highest BCUT2D eigenvalue weighted by Crippen LogP contribution is 2.31. The molecule has 1 aromatic carbocycles. The first-order valence-electron chi connectivity index (χ1n) is 12.4. The van der Waals surface area contributed by atoms with Crippen molar-refractivity contribution in [1.29, 1.82) is 0 Å². The van der Waals surface area contributed by atoms with E-state index in [1.165, 1.54) is 10.7 Å². The minimum absolute atomic E-state index is 0.0752. The molecule has 0 aliphatic carbocycles. The van der Waals surface area contributed by atoms with Crippen LogP contribution in [0.5, 0.6) is 0 Å². The van der Waals surface area contributed by atoms with Crippen LogP contribution in [-0.4, -0.2) is 82.1 Å². The van der Waals surface area contributed by atoms with E-state index in [2.05, 4.69) is 20.1 Å². The molecule has 2 aliphatic heterocycles. The Labute approximate surface area is 204 Å². The number of fused-ring (bicyclic) bond motifs is 1. The molecule has 2 fully saturated rings. The van der Waals surface area contributed by atoms with Crippen LogP contribution >= 0.6 is 0 Å². The van der Waals surface area contributed by atoms with Crippen LogP contribution in [0.15, 0.2) is 22.7 Å². The molecule has 2 aliphatic rings. The molecule has 0 radical (unpaired) electrons. The van der Waals surface area contributed by atoms with Gasteiger partial charge in [-0.05, 0) is 55.4 Å². The number of amides is 1. The van der Waals surface area contributed by atoms with Crippen LogP contribution in [0.1, 0.15) is 56.5 Å². The number of ether oxygens (including phenoxy) is 1. The lowest BCUT2D eigenvalue weighted by molar-refractivity contribution is -0.134. The lowest BCUT2D eigenvalue weighted by Crippen LogP contribution is -2.38. The van der Waals surface area contributed by atoms with E-state index < -0.39 is 0 Å². The van der Waals surface area contributed by atoms with Crippen LogP contribution in [0.4, 0.5) is 4.39 Å². The molecule has 0 N–H and O–H groups in total. The molecule has 2 saturated heterocycles. The van der Waals surface area contributed by atoms with Crippen LogP contribution < -0.4 is 0 Å². The lowest BCUT2D eigenvalue weighted by Gasteiger charge is -2.32. The summed E-state index contributed by atoms with van der Waals surface area (Å²) in [5.74, 6) is 1.40. The maximum Gasteiger partial charge on any atom is 0.291 e. The molecule has 0 bridgehead atoms. The average molecular weight is 485 g/mol. The van der Waals surface area contributed by atoms with Crippen molar-refractivity contribution in [1.82, 2.24) is 29.7 Å². The third kappa shape index (κ3) is 4.81. The Bertz CT molecular complexity index is 1180. The molecule has 2 aromatic heterocycles. The number of piperidine rings is 1. The molecule has 0 saturated carbocycles. The van der Waals surface area contributed by atoms with Crippen LogP contribution in [0.25, 0.3) is 16.9 Å². The number of carbonyl (C=O) groups excluding carboxylic acids is 1. The predicted octanol–water partition coefficient (Wildman–Crippen LogP) is 3.35. The van der Waals surface area contributed by atoms with Gasteiger partial charge in [0, 0.05) is 38.0 Å². The van der Waals surface area contributed by atoms with Crippen molar-refractivity contribution in [3.8, 4) is 5.95 Å². The number of para-hydroxylation sites is 1. The minimum Gasteiger partial charge on any atom is -0.375 e. The Morgan fingerprint density at radius 3 is 2.77 bits per heavy atom. The molecule has 3 aromatic rings. The minimum atomic E-state index is -0.351. The quantitative estimate of drug-likeness (QED) is 0.508. The standard InChI is InChI=1S/C25H33FN6O3/c1-16(2)22-19-5-4-6-20(26)23(19)32(28-22)25-27-24(35-29-25)18-8-10-30(11-9-18)13-17-7-12-31(14-17)21(33)15-34-3/h4-6,16-18H,7-15H2,1-3H3/t17-/m0/s1. The van der Waals surface area contributed by atoms with Crippen molar-refractivity contribution in [2.24, 2.45) is 5.92 Å². The second-order valence-electron chi connectivity index (χ2n) is 10.0. The molecule has 1 atom stereocenters. The monoisotopic (exact) mass is 484 g/mol. The van der Waals surface area contributed by atoms with Gasteiger partial charge in [0.1, 0.15) is 17.9 Å². The number of rotatable bonds is 7. The maximum atomic E-state index is 14.7. The predicted molar refractivity (Wildman–Crippen MR) is 128 cm³/mol. The van der Waals surface area contributed by atoms with Gasteiger partial charge in [-0.1, -0.05) is 26.0 Å². The third-order valence-corrected chi connectivity index (χ3v) is 7.21. The van der Waals surface area contributed by atoms with Gasteiger partial charge in [-0.15, -0.1) is 0 Å². The van der Waals surface area contributed by atoms with Gasteiger partial charge in [0.25, 0.3) is 5.95 Å². The van der Waals surface area contributed by atoms with Gasteiger partial charge in [0.05, 0.1) is 5.69 Å². The van der Waals surface area contributed by atoms with E-state index in [0.717, 1.165) is 63.1 Å². The smallest absolute Gasteiger partial charge is 0.291 e. The molecule has 1 amide bonds. The Hall–Kier alpha value is -2.85. The summed E-state index contributed by atoms with van der Waals surface area (Å²) in [5.41, 5.74) is 1.20. The fourth-order valence-electron chi connectivity index (χ4n) is 5.35. The highest BCUT2D eigenvalue weighted by molar-refractivity contribution is 5.84. The van der Waals surface area contributed by atoms with Gasteiger partial charge in [0.2, 0.25) is 11.8 Å². The number of nitrogens with zero attached hydrogens (tertiary/aromatic N) is 6. The molecule has 0 unspecified atom stereocenters. The summed E-state index contributed by atoms with van der Waals surface area (Å²) in [6, 6.07) is 5.01. The van der Waals surface area contributed by atoms with Gasteiger partial charge >= 0.3 is 0 Å². The van der Waals surface area contributed by atoms with Crippen molar-refractivity contribution in [2.45, 2.75) is 44.9 Å². The number of hydrogen-bond donors (Lipinski definition) is 0. The zero-order chi connectivity index (χ0) is 24.5. The molecule has 9 nitrogen and oxygen atoms in total. The summed E-state index contributed by atoms with van der Waals surface area (Å²) in [5, 5.41) is 9.55. The Morgan fingerprint density at radius 2 is 2.03 bits per heavy atom. The van der Waals surface area contributed by atoms with Gasteiger partial charge in [0.15, 0.2) is 0 Å². The van der Waals surface area contributed by atoms with Gasteiger partial charge in [-0.25, -0.2) is 4.39 Å². The molecule has 5 rings (SSSR count). The van der Waals surface area contributed by atoms with Gasteiger partial charge in [-0.2, -0.15) is 14.8 Å². The number of methoxy groups -OCH3 is 1. The van der Waals surface area contributed by atoms with E-state index in [1.807, 2.05) is 24.8 Å². The van der Waals surface area contributed by atoms with Gasteiger partial charge < -0.3 is 19.1 Å². The molecule has 188 valence electrons. The number of benzene rings is 1. The number of carbonyl (C=O) groups is 1. The van der Waals surface area contributed by atoms with Crippen LogP contribution in [-0.2, 0) is 9.53 Å². The van der Waals surface area contributed by atoms with E-state index in [4.69, 9.17) is 9.26 Å². The number of aromatic nitrogens is 4. The normalized spacial score (nSPS) is 19.9. The summed E-state index contributed by atoms with van der Waals surface area (Å²) in [4.78, 5) is 21.1. The van der Waals surface area contributed by atoms with Gasteiger partial charge in [-0.3, -0.25) is 4.79 Å². The molecule has 0 spiro atoms. The fourth-order valence-corrected chi connectivity index (χ4v) is 5.35. The van der Waals surface area contributed by atoms with E-state index in [-0.39, 0.29) is 36.1 Å². The molecule has 10 heteroatoms. The van der Waals surface area contributed by atoms with Crippen molar-refractivity contribution >= 4 is 16.8 Å². The largest absolute Gasteiger partial charge is 0.375 e. The Balaban J connectivity index is 1.22. The number of likely N-dealkylation sites (tertiary alicyclic amines) is 2. The number of hydrogen-bond acceptors (Lipinski definition) is 7. The van der Waals surface area contributed by atoms with Crippen molar-refractivity contribution in [3.63, 3.8) is 0 Å². The zero-order valence-corrected chi connectivity index (χ0v) is 20.6. The highest BCUT2D eigenvalue weighted by atomic mass is 19.1. The second-order valence-corrected chi connectivity index (χ2v) is 10.0. The maximum absolute atomic E-state index is 14.7. The van der Waals surface area contributed by atoms with Crippen LogP contribution in [0, 0.1) is 11.7 Å². The van der Waals surface area contributed by atoms with Crippen molar-refractivity contribution < 1.29 is 18.4 Å². The first kappa shape index (κ1) is 23.9. The molecule has 4 heterocycles. The Kier molecular flexibility index (Phi) is 6.84. The van der Waals surface area contributed by atoms with E-state index in [1.54, 1.807) is 13.2 Å². The first-order chi connectivity index (χ1) is 16.9. The summed E-state index contributed by atoms with van der Waals surface area (Å²) in [6.45, 7) is 8.74. The fraction of sp³-hybridized carbons (Fsp3) is 0.600. The van der Waals surface area contributed by atoms with Crippen LogP contribution in [0.2, 0.25) is 0 Å². The molecule has 35 heavy (non-hydrogen) atoms. The zero-order valence-electron chi connectivity index (χ0n) is 20.6. The molecular weight excluding hydrogens is 451 g/mol. The summed E-state index contributed by atoms with van der Waals surface area (Å²) >= 11 is 0. The third-order valence-electron chi connectivity index (χ3n) is 7.21. The first-order valence-corrected chi connectivity index (χ1v) is 12.4. The SMILES string of the molecule is COCC(=O)N1CC[C@@H](CN2CCC(c3nc(-n4nc(C(C)C)c5cccc(F)c54)no3)CC2)C1. The van der Waals surface area contributed by atoms with E-state index >= 15 is 0 Å². The summed E-state index contributed by atoms with van der Waals surface area (Å²) < 4.78 is 26.8. The lowest BCUT2D eigenvalue weighted by atomic mass is 9.95. The summed E-state index contributed by atoms with van der Waals surface area (Å²) in [7, 11) is 1.56. The van der Waals surface area contributed by atoms with Crippen molar-refractivity contribution in [2.75, 3.05) is 46.4 Å². The second kappa shape index (κ2) is 10.0. The van der Waals surface area contributed by atoms with Crippen LogP contribution in [0.3, 0.4) is 0 Å². The van der Waals surface area contributed by atoms with Crippen molar-refractivity contribution in [3.05, 3.63) is 35.6 Å². The Morgan fingerprint density at radius 1 is 1.23 bits per heavy atom. The molecular formula is C25H33FN6O3. The topological polar surface area (TPSA) is 89.5 Å². The summed E-state index contributed by atoms with van der Waals surface area (Å²) in [6.07, 6.45) is 2.88. The highest BCUT2D eigenvalue weighted by Gasteiger charge is 2.31.